The van der Waals surface area contributed by atoms with Gasteiger partial charge in [0.05, 0.1) is 6.61 Å². The first-order valence-corrected chi connectivity index (χ1v) is 11.7. The Morgan fingerprint density at radius 1 is 0.759 bits per heavy atom. The van der Waals surface area contributed by atoms with Crippen molar-refractivity contribution in [2.24, 2.45) is 0 Å². The van der Waals surface area contributed by atoms with Crippen LogP contribution in [0.2, 0.25) is 0 Å². The molecule has 0 radical (unpaired) electrons. The number of esters is 2. The van der Waals surface area contributed by atoms with Crippen molar-refractivity contribution in [2.75, 3.05) is 13.2 Å². The number of carbonyl (C=O) groups is 2. The van der Waals surface area contributed by atoms with Gasteiger partial charge in [0.1, 0.15) is 6.61 Å². The number of unbranched alkanes of at least 4 members (excludes halogenated alkanes) is 10. The molecule has 0 fully saturated rings. The predicted octanol–water partition coefficient (Wildman–Crippen LogP) is 5.88. The molecule has 0 aliphatic heterocycles. The zero-order valence-electron chi connectivity index (χ0n) is 18.8. The van der Waals surface area contributed by atoms with Crippen molar-refractivity contribution in [2.45, 2.75) is 116 Å². The Morgan fingerprint density at radius 3 is 1.93 bits per heavy atom. The van der Waals surface area contributed by atoms with Crippen molar-refractivity contribution in [1.29, 1.82) is 0 Å². The second-order valence-corrected chi connectivity index (χ2v) is 7.71. The highest BCUT2D eigenvalue weighted by Crippen LogP contribution is 2.10. The Kier molecular flexibility index (Phi) is 20.3. The van der Waals surface area contributed by atoms with Crippen molar-refractivity contribution < 1.29 is 24.2 Å². The van der Waals surface area contributed by atoms with Gasteiger partial charge in [-0.2, -0.15) is 0 Å². The summed E-state index contributed by atoms with van der Waals surface area (Å²) in [6.45, 7) is 3.83. The summed E-state index contributed by atoms with van der Waals surface area (Å²) < 4.78 is 10.2. The second kappa shape index (κ2) is 21.4. The minimum atomic E-state index is -0.762. The van der Waals surface area contributed by atoms with Crippen LogP contribution in [0.25, 0.3) is 0 Å². The van der Waals surface area contributed by atoms with E-state index in [-0.39, 0.29) is 25.2 Å². The first-order valence-electron chi connectivity index (χ1n) is 11.7. The maximum Gasteiger partial charge on any atom is 0.306 e. The van der Waals surface area contributed by atoms with E-state index in [0.717, 1.165) is 38.5 Å². The van der Waals surface area contributed by atoms with Gasteiger partial charge in [0, 0.05) is 12.8 Å². The number of hydrogen-bond acceptors (Lipinski definition) is 5. The van der Waals surface area contributed by atoms with Gasteiger partial charge in [0.2, 0.25) is 0 Å². The highest BCUT2D eigenvalue weighted by molar-refractivity contribution is 5.70. The molecule has 0 amide bonds. The Labute approximate surface area is 178 Å². The monoisotopic (exact) mass is 412 g/mol. The van der Waals surface area contributed by atoms with Crippen LogP contribution in [0.5, 0.6) is 0 Å². The summed E-state index contributed by atoms with van der Waals surface area (Å²) in [4.78, 5) is 23.3. The van der Waals surface area contributed by atoms with E-state index < -0.39 is 6.10 Å². The molecule has 0 aliphatic carbocycles. The van der Waals surface area contributed by atoms with Crippen LogP contribution >= 0.6 is 0 Å². The Hall–Kier alpha value is -1.36. The van der Waals surface area contributed by atoms with E-state index in [1.165, 1.54) is 44.9 Å². The minimum absolute atomic E-state index is 0.0725. The van der Waals surface area contributed by atoms with Crippen molar-refractivity contribution in [3.63, 3.8) is 0 Å². The molecule has 0 aromatic rings. The van der Waals surface area contributed by atoms with Crippen molar-refractivity contribution in [1.82, 2.24) is 0 Å². The maximum atomic E-state index is 11.8. The van der Waals surface area contributed by atoms with Crippen LogP contribution in [0.4, 0.5) is 0 Å². The molecule has 0 heterocycles. The van der Waals surface area contributed by atoms with Crippen LogP contribution in [-0.2, 0) is 19.1 Å². The SMILES string of the molecule is CCCCCC/C=C\CCCCCCCC(=O)OC(CO)COC(=O)CCCC. The Morgan fingerprint density at radius 2 is 1.31 bits per heavy atom. The number of allylic oxidation sites excluding steroid dienone is 2. The number of aliphatic hydroxyl groups excluding tert-OH is 1. The van der Waals surface area contributed by atoms with Crippen LogP contribution in [-0.4, -0.2) is 36.4 Å². The number of aliphatic hydroxyl groups is 1. The highest BCUT2D eigenvalue weighted by atomic mass is 16.6. The van der Waals surface area contributed by atoms with Gasteiger partial charge in [-0.05, 0) is 38.5 Å². The summed E-state index contributed by atoms with van der Waals surface area (Å²) >= 11 is 0. The molecule has 1 N–H and O–H groups in total. The Balaban J connectivity index is 3.58. The van der Waals surface area contributed by atoms with Gasteiger partial charge in [-0.25, -0.2) is 0 Å². The molecule has 0 rings (SSSR count). The lowest BCUT2D eigenvalue weighted by Gasteiger charge is -2.15. The second-order valence-electron chi connectivity index (χ2n) is 7.71. The molecule has 0 spiro atoms. The molecule has 29 heavy (non-hydrogen) atoms. The van der Waals surface area contributed by atoms with Gasteiger partial charge in [0.25, 0.3) is 0 Å². The van der Waals surface area contributed by atoms with Gasteiger partial charge >= 0.3 is 11.9 Å². The van der Waals surface area contributed by atoms with Crippen molar-refractivity contribution >= 4 is 11.9 Å². The molecule has 5 nitrogen and oxygen atoms in total. The molecular formula is C24H44O5. The highest BCUT2D eigenvalue weighted by Gasteiger charge is 2.15. The average molecular weight is 413 g/mol. The minimum Gasteiger partial charge on any atom is -0.462 e. The summed E-state index contributed by atoms with van der Waals surface area (Å²) in [5.41, 5.74) is 0. The van der Waals surface area contributed by atoms with E-state index in [0.29, 0.717) is 12.8 Å². The van der Waals surface area contributed by atoms with Crippen molar-refractivity contribution in [3.05, 3.63) is 12.2 Å². The first-order chi connectivity index (χ1) is 14.1. The maximum absolute atomic E-state index is 11.8. The lowest BCUT2D eigenvalue weighted by atomic mass is 10.1. The average Bonchev–Trinajstić information content (AvgIpc) is 2.72. The third-order valence-corrected chi connectivity index (χ3v) is 4.81. The largest absolute Gasteiger partial charge is 0.462 e. The van der Waals surface area contributed by atoms with Crippen LogP contribution < -0.4 is 0 Å². The van der Waals surface area contributed by atoms with Gasteiger partial charge < -0.3 is 14.6 Å². The lowest BCUT2D eigenvalue weighted by Crippen LogP contribution is -2.28. The van der Waals surface area contributed by atoms with E-state index in [1.54, 1.807) is 0 Å². The molecule has 0 saturated heterocycles. The van der Waals surface area contributed by atoms with Gasteiger partial charge in [-0.15, -0.1) is 0 Å². The third-order valence-electron chi connectivity index (χ3n) is 4.81. The summed E-state index contributed by atoms with van der Waals surface area (Å²) in [6.07, 6.45) is 19.2. The van der Waals surface area contributed by atoms with Crippen LogP contribution in [0.1, 0.15) is 110 Å². The smallest absolute Gasteiger partial charge is 0.306 e. The van der Waals surface area contributed by atoms with Gasteiger partial charge in [-0.1, -0.05) is 70.9 Å². The third kappa shape index (κ3) is 19.7. The van der Waals surface area contributed by atoms with Crippen molar-refractivity contribution in [3.8, 4) is 0 Å². The summed E-state index contributed by atoms with van der Waals surface area (Å²) in [5, 5.41) is 9.27. The van der Waals surface area contributed by atoms with Gasteiger partial charge in [0.15, 0.2) is 6.10 Å². The zero-order chi connectivity index (χ0) is 21.6. The predicted molar refractivity (Wildman–Crippen MR) is 118 cm³/mol. The molecule has 1 unspecified atom stereocenters. The summed E-state index contributed by atoms with van der Waals surface area (Å²) in [7, 11) is 0. The van der Waals surface area contributed by atoms with E-state index in [9.17, 15) is 14.7 Å². The molecule has 0 aromatic heterocycles. The van der Waals surface area contributed by atoms with Gasteiger partial charge in [-0.3, -0.25) is 9.59 Å². The van der Waals surface area contributed by atoms with Crippen LogP contribution in [0.15, 0.2) is 12.2 Å². The quantitative estimate of drug-likeness (QED) is 0.153. The molecule has 0 saturated carbocycles. The Bertz CT molecular complexity index is 419. The fourth-order valence-electron chi connectivity index (χ4n) is 2.93. The number of rotatable bonds is 20. The molecule has 5 heteroatoms. The first kappa shape index (κ1) is 27.6. The van der Waals surface area contributed by atoms with E-state index in [4.69, 9.17) is 9.47 Å². The standard InChI is InChI=1S/C24H44O5/c1-3-5-7-8-9-10-11-12-13-14-15-16-17-19-24(27)29-22(20-25)21-28-23(26)18-6-4-2/h10-11,22,25H,3-9,12-21H2,1-2H3/b11-10-. The topological polar surface area (TPSA) is 72.8 Å². The van der Waals surface area contributed by atoms with E-state index >= 15 is 0 Å². The summed E-state index contributed by atoms with van der Waals surface area (Å²) in [5.74, 6) is -0.646. The molecule has 1 atom stereocenters. The van der Waals surface area contributed by atoms with E-state index in [2.05, 4.69) is 19.1 Å². The fraction of sp³-hybridized carbons (Fsp3) is 0.833. The molecule has 0 aromatic carbocycles. The lowest BCUT2D eigenvalue weighted by molar-refractivity contribution is -0.161. The van der Waals surface area contributed by atoms with Crippen LogP contribution in [0, 0.1) is 0 Å². The number of carbonyl (C=O) groups excluding carboxylic acids is 2. The number of ether oxygens (including phenoxy) is 2. The van der Waals surface area contributed by atoms with E-state index in [1.807, 2.05) is 6.92 Å². The summed E-state index contributed by atoms with van der Waals surface area (Å²) in [6, 6.07) is 0. The van der Waals surface area contributed by atoms with Crippen LogP contribution in [0.3, 0.4) is 0 Å². The fourth-order valence-corrected chi connectivity index (χ4v) is 2.93. The normalized spacial score (nSPS) is 12.2. The zero-order valence-corrected chi connectivity index (χ0v) is 18.8. The molecule has 0 bridgehead atoms. The molecular weight excluding hydrogens is 368 g/mol. The molecule has 170 valence electrons. The number of hydrogen-bond donors (Lipinski definition) is 1. The molecule has 0 aliphatic rings.